The summed E-state index contributed by atoms with van der Waals surface area (Å²) in [4.78, 5) is 34.9. The molecule has 0 amide bonds. The van der Waals surface area contributed by atoms with Crippen molar-refractivity contribution in [2.75, 3.05) is 6.61 Å². The van der Waals surface area contributed by atoms with Crippen molar-refractivity contribution in [3.63, 3.8) is 0 Å². The van der Waals surface area contributed by atoms with Gasteiger partial charge in [0.05, 0.1) is 24.9 Å². The van der Waals surface area contributed by atoms with Crippen LogP contribution in [0.1, 0.15) is 47.2 Å². The summed E-state index contributed by atoms with van der Waals surface area (Å²) in [7, 11) is 0. The van der Waals surface area contributed by atoms with E-state index >= 15 is 0 Å². The zero-order chi connectivity index (χ0) is 23.1. The molecule has 1 saturated heterocycles. The summed E-state index contributed by atoms with van der Waals surface area (Å²) in [5.74, 6) is -1.36. The average Bonchev–Trinajstić information content (AvgIpc) is 3.06. The van der Waals surface area contributed by atoms with Crippen LogP contribution in [-0.2, 0) is 51.0 Å². The Kier molecular flexibility index (Phi) is 8.93. The van der Waals surface area contributed by atoms with Gasteiger partial charge in [-0.15, -0.1) is 5.10 Å². The quantitative estimate of drug-likeness (QED) is 0.405. The maximum Gasteiger partial charge on any atom is 0.303 e. The lowest BCUT2D eigenvalue weighted by Crippen LogP contribution is -2.61. The summed E-state index contributed by atoms with van der Waals surface area (Å²) in [5.41, 5.74) is 0.884. The molecule has 1 aliphatic heterocycles. The Hall–Kier alpha value is -2.53. The van der Waals surface area contributed by atoms with Crippen LogP contribution in [-0.4, -0.2) is 70.2 Å². The van der Waals surface area contributed by atoms with Crippen molar-refractivity contribution in [3.8, 4) is 0 Å². The van der Waals surface area contributed by atoms with Gasteiger partial charge in [0.1, 0.15) is 0 Å². The number of rotatable bonds is 9. The maximum absolute atomic E-state index is 11.7. The topological polar surface area (TPSA) is 128 Å². The number of aromatic nitrogens is 3. The normalized spacial score (nSPS) is 25.8. The van der Waals surface area contributed by atoms with Crippen molar-refractivity contribution in [1.29, 1.82) is 0 Å². The van der Waals surface area contributed by atoms with Gasteiger partial charge in [0.2, 0.25) is 0 Å². The second kappa shape index (κ2) is 11.2. The van der Waals surface area contributed by atoms with E-state index in [2.05, 4.69) is 24.2 Å². The van der Waals surface area contributed by atoms with Gasteiger partial charge in [-0.25, -0.2) is 4.68 Å². The zero-order valence-corrected chi connectivity index (χ0v) is 18.8. The van der Waals surface area contributed by atoms with E-state index < -0.39 is 48.6 Å². The van der Waals surface area contributed by atoms with Gasteiger partial charge in [0.25, 0.3) is 0 Å². The van der Waals surface area contributed by atoms with Crippen LogP contribution in [0.25, 0.3) is 0 Å². The van der Waals surface area contributed by atoms with Crippen LogP contribution in [0.4, 0.5) is 0 Å². The summed E-state index contributed by atoms with van der Waals surface area (Å²) < 4.78 is 29.2. The van der Waals surface area contributed by atoms with Crippen LogP contribution < -0.4 is 0 Å². The minimum absolute atomic E-state index is 0.171. The molecule has 31 heavy (non-hydrogen) atoms. The SMILES string of the molecule is CC(=O)OC1[C@H](OC(C)=O)C(C)O[C@@H](OCCn2cc(CC(C)C)nn2)[C@@H]1OC(C)=O. The van der Waals surface area contributed by atoms with Gasteiger partial charge in [0.15, 0.2) is 24.6 Å². The molecule has 0 bridgehead atoms. The first-order valence-corrected chi connectivity index (χ1v) is 10.2. The molecule has 2 rings (SSSR count). The molecular weight excluding hydrogens is 410 g/mol. The van der Waals surface area contributed by atoms with E-state index in [4.69, 9.17) is 23.7 Å². The molecule has 1 aliphatic rings. The van der Waals surface area contributed by atoms with Crippen molar-refractivity contribution in [2.24, 2.45) is 5.92 Å². The highest BCUT2D eigenvalue weighted by molar-refractivity contribution is 5.68. The van der Waals surface area contributed by atoms with Crippen LogP contribution >= 0.6 is 0 Å². The molecule has 2 unspecified atom stereocenters. The molecule has 1 fully saturated rings. The van der Waals surface area contributed by atoms with Crippen LogP contribution in [0.3, 0.4) is 0 Å². The van der Waals surface area contributed by atoms with Gasteiger partial charge < -0.3 is 23.7 Å². The van der Waals surface area contributed by atoms with E-state index in [-0.39, 0.29) is 6.61 Å². The van der Waals surface area contributed by atoms with E-state index in [0.29, 0.717) is 12.5 Å². The summed E-state index contributed by atoms with van der Waals surface area (Å²) in [5, 5.41) is 8.19. The number of nitrogens with zero attached hydrogens (tertiary/aromatic N) is 3. The molecule has 2 heterocycles. The highest BCUT2D eigenvalue weighted by Crippen LogP contribution is 2.29. The predicted octanol–water partition coefficient (Wildman–Crippen LogP) is 1.03. The maximum atomic E-state index is 11.7. The Balaban J connectivity index is 2.10. The van der Waals surface area contributed by atoms with E-state index in [1.54, 1.807) is 11.6 Å². The summed E-state index contributed by atoms with van der Waals surface area (Å²) in [6, 6.07) is 0. The molecule has 1 aromatic heterocycles. The molecule has 0 aliphatic carbocycles. The highest BCUT2D eigenvalue weighted by Gasteiger charge is 2.50. The Labute approximate surface area is 181 Å². The fraction of sp³-hybridized carbons (Fsp3) is 0.750. The summed E-state index contributed by atoms with van der Waals surface area (Å²) >= 11 is 0. The summed E-state index contributed by atoms with van der Waals surface area (Å²) in [6.07, 6.45) is -2.20. The molecule has 5 atom stereocenters. The second-order valence-electron chi connectivity index (χ2n) is 7.87. The predicted molar refractivity (Wildman–Crippen MR) is 106 cm³/mol. The highest BCUT2D eigenvalue weighted by atomic mass is 16.7. The summed E-state index contributed by atoms with van der Waals surface area (Å²) in [6.45, 7) is 10.1. The van der Waals surface area contributed by atoms with Crippen LogP contribution in [0.2, 0.25) is 0 Å². The van der Waals surface area contributed by atoms with Crippen molar-refractivity contribution in [2.45, 2.75) is 85.2 Å². The first kappa shape index (κ1) is 24.7. The van der Waals surface area contributed by atoms with Gasteiger partial charge in [-0.3, -0.25) is 14.4 Å². The third kappa shape index (κ3) is 7.59. The van der Waals surface area contributed by atoms with Crippen LogP contribution in [0.15, 0.2) is 6.20 Å². The number of ether oxygens (including phenoxy) is 5. The lowest BCUT2D eigenvalue weighted by atomic mass is 9.99. The monoisotopic (exact) mass is 441 g/mol. The standard InChI is InChI=1S/C20H31N3O8/c1-11(2)9-16-10-23(22-21-16)7-8-27-20-19(31-15(6)26)18(30-14(5)25)17(12(3)28-20)29-13(4)24/h10-12,17-20H,7-9H2,1-6H3/t12?,17-,18?,19-,20-/m1/s1. The molecule has 0 spiro atoms. The fourth-order valence-electron chi connectivity index (χ4n) is 3.33. The minimum Gasteiger partial charge on any atom is -0.456 e. The molecule has 1 aromatic rings. The molecular formula is C20H31N3O8. The lowest BCUT2D eigenvalue weighted by Gasteiger charge is -2.43. The number of hydrogen-bond acceptors (Lipinski definition) is 10. The Morgan fingerprint density at radius 2 is 1.61 bits per heavy atom. The number of esters is 3. The second-order valence-corrected chi connectivity index (χ2v) is 7.87. The number of carbonyl (C=O) groups is 3. The van der Waals surface area contributed by atoms with Crippen molar-refractivity contribution >= 4 is 17.9 Å². The van der Waals surface area contributed by atoms with Crippen LogP contribution in [0, 0.1) is 5.92 Å². The molecule has 11 heteroatoms. The van der Waals surface area contributed by atoms with Gasteiger partial charge in [-0.2, -0.15) is 0 Å². The first-order chi connectivity index (χ1) is 14.6. The third-order valence-electron chi connectivity index (χ3n) is 4.44. The molecule has 0 N–H and O–H groups in total. The Bertz CT molecular complexity index is 765. The third-order valence-corrected chi connectivity index (χ3v) is 4.44. The average molecular weight is 441 g/mol. The number of carbonyl (C=O) groups excluding carboxylic acids is 3. The van der Waals surface area contributed by atoms with Gasteiger partial charge >= 0.3 is 17.9 Å². The molecule has 174 valence electrons. The smallest absolute Gasteiger partial charge is 0.303 e. The minimum atomic E-state index is -1.12. The first-order valence-electron chi connectivity index (χ1n) is 10.2. The van der Waals surface area contributed by atoms with Crippen molar-refractivity contribution in [3.05, 3.63) is 11.9 Å². The molecule has 11 nitrogen and oxygen atoms in total. The van der Waals surface area contributed by atoms with Crippen molar-refractivity contribution in [1.82, 2.24) is 15.0 Å². The van der Waals surface area contributed by atoms with Gasteiger partial charge in [-0.1, -0.05) is 19.1 Å². The van der Waals surface area contributed by atoms with E-state index in [1.165, 1.54) is 20.8 Å². The molecule has 0 radical (unpaired) electrons. The van der Waals surface area contributed by atoms with E-state index in [1.807, 2.05) is 6.20 Å². The largest absolute Gasteiger partial charge is 0.456 e. The van der Waals surface area contributed by atoms with Crippen LogP contribution in [0.5, 0.6) is 0 Å². The van der Waals surface area contributed by atoms with Gasteiger partial charge in [0, 0.05) is 27.0 Å². The van der Waals surface area contributed by atoms with E-state index in [9.17, 15) is 14.4 Å². The van der Waals surface area contributed by atoms with Gasteiger partial charge in [-0.05, 0) is 19.3 Å². The van der Waals surface area contributed by atoms with E-state index in [0.717, 1.165) is 12.1 Å². The fourth-order valence-corrected chi connectivity index (χ4v) is 3.33. The molecule has 0 aromatic carbocycles. The Morgan fingerprint density at radius 3 is 2.19 bits per heavy atom. The molecule has 0 saturated carbocycles. The van der Waals surface area contributed by atoms with Crippen molar-refractivity contribution < 1.29 is 38.1 Å². The lowest BCUT2D eigenvalue weighted by molar-refractivity contribution is -0.301. The zero-order valence-electron chi connectivity index (χ0n) is 18.8. The Morgan fingerprint density at radius 1 is 1.03 bits per heavy atom. The number of hydrogen-bond donors (Lipinski definition) is 0.